The lowest BCUT2D eigenvalue weighted by Gasteiger charge is -2.21. The van der Waals surface area contributed by atoms with E-state index < -0.39 is 0 Å². The van der Waals surface area contributed by atoms with Crippen LogP contribution in [0.5, 0.6) is 0 Å². The zero-order valence-corrected chi connectivity index (χ0v) is 15.8. The monoisotopic (exact) mass is 350 g/mol. The van der Waals surface area contributed by atoms with Crippen molar-refractivity contribution < 1.29 is 0 Å². The largest absolute Gasteiger partial charge is 0.357 e. The number of likely N-dealkylation sites (N-methyl/N-ethyl adjacent to an activating group) is 1. The van der Waals surface area contributed by atoms with E-state index >= 15 is 0 Å². The molecule has 0 spiro atoms. The minimum Gasteiger partial charge on any atom is -0.357 e. The van der Waals surface area contributed by atoms with Crippen LogP contribution in [0.25, 0.3) is 0 Å². The van der Waals surface area contributed by atoms with Crippen LogP contribution in [0.2, 0.25) is 0 Å². The number of nitrogens with one attached hydrogen (secondary N) is 1. The molecule has 6 heteroatoms. The summed E-state index contributed by atoms with van der Waals surface area (Å²) in [6.45, 7) is 6.88. The topological polar surface area (TPSA) is 40.5 Å². The minimum atomic E-state index is 0.838. The summed E-state index contributed by atoms with van der Waals surface area (Å²) < 4.78 is 0. The maximum atomic E-state index is 4.75. The van der Waals surface area contributed by atoms with Crippen molar-refractivity contribution >= 4 is 28.6 Å². The molecule has 0 aliphatic rings. The van der Waals surface area contributed by atoms with Crippen molar-refractivity contribution in [3.8, 4) is 0 Å². The predicted octanol–water partition coefficient (Wildman–Crippen LogP) is 3.59. The summed E-state index contributed by atoms with van der Waals surface area (Å²) in [5, 5.41) is 8.84. The molecule has 0 aromatic carbocycles. The highest BCUT2D eigenvalue weighted by atomic mass is 32.1. The van der Waals surface area contributed by atoms with E-state index in [2.05, 4.69) is 52.1 Å². The summed E-state index contributed by atoms with van der Waals surface area (Å²) >= 11 is 3.57. The summed E-state index contributed by atoms with van der Waals surface area (Å²) in [5.74, 6) is 0.999. The lowest BCUT2D eigenvalue weighted by Crippen LogP contribution is -2.40. The van der Waals surface area contributed by atoms with Gasteiger partial charge in [0.25, 0.3) is 0 Å². The average molecular weight is 351 g/mol. The Labute approximate surface area is 147 Å². The van der Waals surface area contributed by atoms with Gasteiger partial charge in [0.1, 0.15) is 0 Å². The van der Waals surface area contributed by atoms with Crippen molar-refractivity contribution in [2.45, 2.75) is 33.1 Å². The van der Waals surface area contributed by atoms with E-state index in [9.17, 15) is 0 Å². The quantitative estimate of drug-likeness (QED) is 0.449. The first-order valence-corrected chi connectivity index (χ1v) is 9.87. The van der Waals surface area contributed by atoms with Crippen molar-refractivity contribution in [3.05, 3.63) is 38.5 Å². The summed E-state index contributed by atoms with van der Waals surface area (Å²) in [5.41, 5.74) is 1.12. The SMILES string of the molecule is CCNC(=NCCCc1nc(C)cs1)N(C)CCc1cccs1. The Hall–Kier alpha value is -1.40. The molecule has 0 radical (unpaired) electrons. The summed E-state index contributed by atoms with van der Waals surface area (Å²) in [6, 6.07) is 4.30. The maximum absolute atomic E-state index is 4.75. The highest BCUT2D eigenvalue weighted by Crippen LogP contribution is 2.11. The van der Waals surface area contributed by atoms with Gasteiger partial charge in [0.05, 0.1) is 5.01 Å². The molecule has 4 nitrogen and oxygen atoms in total. The third kappa shape index (κ3) is 6.31. The second-order valence-electron chi connectivity index (χ2n) is 5.47. The Morgan fingerprint density at radius 2 is 2.22 bits per heavy atom. The van der Waals surface area contributed by atoms with Crippen LogP contribution in [0.4, 0.5) is 0 Å². The number of guanidine groups is 1. The van der Waals surface area contributed by atoms with Crippen LogP contribution < -0.4 is 5.32 Å². The Balaban J connectivity index is 1.78. The molecule has 23 heavy (non-hydrogen) atoms. The van der Waals surface area contributed by atoms with Crippen LogP contribution in [-0.4, -0.2) is 42.5 Å². The molecule has 0 saturated carbocycles. The number of thiazole rings is 1. The number of nitrogens with zero attached hydrogens (tertiary/aromatic N) is 3. The fraction of sp³-hybridized carbons (Fsp3) is 0.529. The summed E-state index contributed by atoms with van der Waals surface area (Å²) in [7, 11) is 2.11. The first kappa shape index (κ1) is 17.9. The number of aromatic nitrogens is 1. The maximum Gasteiger partial charge on any atom is 0.193 e. The fourth-order valence-electron chi connectivity index (χ4n) is 2.24. The van der Waals surface area contributed by atoms with E-state index in [0.717, 1.165) is 50.6 Å². The smallest absolute Gasteiger partial charge is 0.193 e. The number of hydrogen-bond acceptors (Lipinski definition) is 4. The van der Waals surface area contributed by atoms with Gasteiger partial charge < -0.3 is 10.2 Å². The fourth-order valence-corrected chi connectivity index (χ4v) is 3.76. The van der Waals surface area contributed by atoms with E-state index in [1.54, 1.807) is 11.3 Å². The van der Waals surface area contributed by atoms with Gasteiger partial charge in [0.15, 0.2) is 5.96 Å². The van der Waals surface area contributed by atoms with Crippen LogP contribution in [0, 0.1) is 6.92 Å². The molecule has 0 unspecified atom stereocenters. The van der Waals surface area contributed by atoms with Crippen LogP contribution in [0.1, 0.15) is 28.9 Å². The average Bonchev–Trinajstić information content (AvgIpc) is 3.19. The molecular weight excluding hydrogens is 324 g/mol. The van der Waals surface area contributed by atoms with E-state index in [4.69, 9.17) is 4.99 Å². The Kier molecular flexibility index (Phi) is 7.55. The Morgan fingerprint density at radius 1 is 1.35 bits per heavy atom. The number of rotatable bonds is 8. The van der Waals surface area contributed by atoms with Crippen molar-refractivity contribution in [1.82, 2.24) is 15.2 Å². The van der Waals surface area contributed by atoms with Gasteiger partial charge in [-0.3, -0.25) is 4.99 Å². The first-order valence-electron chi connectivity index (χ1n) is 8.12. The highest BCUT2D eigenvalue weighted by molar-refractivity contribution is 7.10. The molecule has 0 saturated heterocycles. The van der Waals surface area contributed by atoms with Gasteiger partial charge in [-0.15, -0.1) is 22.7 Å². The van der Waals surface area contributed by atoms with Gasteiger partial charge in [-0.1, -0.05) is 6.07 Å². The van der Waals surface area contributed by atoms with E-state index in [0.29, 0.717) is 0 Å². The molecule has 126 valence electrons. The molecule has 0 bridgehead atoms. The molecule has 2 aromatic heterocycles. The molecule has 2 heterocycles. The molecule has 0 amide bonds. The number of aryl methyl sites for hydroxylation is 2. The van der Waals surface area contributed by atoms with E-state index in [1.807, 2.05) is 18.3 Å². The second-order valence-corrected chi connectivity index (χ2v) is 7.45. The van der Waals surface area contributed by atoms with Crippen LogP contribution in [-0.2, 0) is 12.8 Å². The van der Waals surface area contributed by atoms with Crippen molar-refractivity contribution in [3.63, 3.8) is 0 Å². The molecule has 0 atom stereocenters. The zero-order valence-electron chi connectivity index (χ0n) is 14.2. The van der Waals surface area contributed by atoms with Gasteiger partial charge >= 0.3 is 0 Å². The first-order chi connectivity index (χ1) is 11.2. The lowest BCUT2D eigenvalue weighted by molar-refractivity contribution is 0.486. The molecule has 1 N–H and O–H groups in total. The molecule has 0 aliphatic carbocycles. The predicted molar refractivity (Wildman–Crippen MR) is 102 cm³/mol. The normalized spacial score (nSPS) is 11.7. The lowest BCUT2D eigenvalue weighted by atomic mass is 10.3. The third-order valence-corrected chi connectivity index (χ3v) is 5.41. The Morgan fingerprint density at radius 3 is 2.87 bits per heavy atom. The summed E-state index contributed by atoms with van der Waals surface area (Å²) in [6.07, 6.45) is 3.12. The van der Waals surface area contributed by atoms with Crippen LogP contribution in [0.15, 0.2) is 27.9 Å². The van der Waals surface area contributed by atoms with Gasteiger partial charge in [-0.25, -0.2) is 4.98 Å². The van der Waals surface area contributed by atoms with Gasteiger partial charge in [-0.05, 0) is 38.1 Å². The molecule has 0 aliphatic heterocycles. The van der Waals surface area contributed by atoms with Gasteiger partial charge in [-0.2, -0.15) is 0 Å². The molecular formula is C17H26N4S2. The van der Waals surface area contributed by atoms with Crippen molar-refractivity contribution in [1.29, 1.82) is 0 Å². The Bertz CT molecular complexity index is 590. The standard InChI is InChI=1S/C17H26N4S2/c1-4-18-17(21(3)11-9-15-7-6-12-22-15)19-10-5-8-16-20-14(2)13-23-16/h6-7,12-13H,4-5,8-11H2,1-3H3,(H,18,19). The number of hydrogen-bond donors (Lipinski definition) is 1. The molecule has 2 aromatic rings. The molecule has 2 rings (SSSR count). The summed E-state index contributed by atoms with van der Waals surface area (Å²) in [4.78, 5) is 12.9. The van der Waals surface area contributed by atoms with E-state index in [1.165, 1.54) is 9.88 Å². The number of aliphatic imine (C=N–C) groups is 1. The van der Waals surface area contributed by atoms with Gasteiger partial charge in [0.2, 0.25) is 0 Å². The highest BCUT2D eigenvalue weighted by Gasteiger charge is 2.06. The van der Waals surface area contributed by atoms with Crippen LogP contribution in [0.3, 0.4) is 0 Å². The van der Waals surface area contributed by atoms with E-state index in [-0.39, 0.29) is 0 Å². The number of thiophene rings is 1. The third-order valence-electron chi connectivity index (χ3n) is 3.45. The minimum absolute atomic E-state index is 0.838. The second kappa shape index (κ2) is 9.67. The van der Waals surface area contributed by atoms with Gasteiger partial charge in [0, 0.05) is 49.1 Å². The zero-order chi connectivity index (χ0) is 16.5. The molecule has 0 fully saturated rings. The van der Waals surface area contributed by atoms with Crippen LogP contribution >= 0.6 is 22.7 Å². The van der Waals surface area contributed by atoms with Crippen molar-refractivity contribution in [2.75, 3.05) is 26.7 Å². The van der Waals surface area contributed by atoms with Crippen molar-refractivity contribution in [2.24, 2.45) is 4.99 Å².